The first-order valence-electron chi connectivity index (χ1n) is 5.43. The predicted octanol–water partition coefficient (Wildman–Crippen LogP) is 2.78. The van der Waals surface area contributed by atoms with Crippen LogP contribution in [0.4, 0.5) is 0 Å². The summed E-state index contributed by atoms with van der Waals surface area (Å²) in [5.74, 6) is 0. The zero-order valence-corrected chi connectivity index (χ0v) is 9.03. The van der Waals surface area contributed by atoms with E-state index in [1.165, 1.54) is 18.4 Å². The van der Waals surface area contributed by atoms with Crippen LogP contribution in [0.25, 0.3) is 0 Å². The molecule has 0 radical (unpaired) electrons. The maximum atomic E-state index is 8.83. The van der Waals surface area contributed by atoms with Gasteiger partial charge in [0.1, 0.15) is 0 Å². The van der Waals surface area contributed by atoms with E-state index in [0.29, 0.717) is 6.42 Å². The molecule has 1 fully saturated rings. The molecule has 2 nitrogen and oxygen atoms in total. The summed E-state index contributed by atoms with van der Waals surface area (Å²) in [6.45, 7) is 2.22. The molecule has 1 atom stereocenters. The third-order valence-electron chi connectivity index (χ3n) is 3.02. The Balaban J connectivity index is 2.10. The molecule has 78 valence electrons. The van der Waals surface area contributed by atoms with Crippen molar-refractivity contribution in [3.8, 4) is 6.07 Å². The molecule has 0 saturated heterocycles. The number of nitrogens with zero attached hydrogens (tertiary/aromatic N) is 1. The van der Waals surface area contributed by atoms with Crippen molar-refractivity contribution in [1.29, 1.82) is 5.26 Å². The van der Waals surface area contributed by atoms with Gasteiger partial charge in [-0.2, -0.15) is 5.26 Å². The minimum atomic E-state index is 0.184. The van der Waals surface area contributed by atoms with E-state index >= 15 is 0 Å². The molecule has 15 heavy (non-hydrogen) atoms. The van der Waals surface area contributed by atoms with Crippen LogP contribution >= 0.6 is 0 Å². The first-order valence-corrected chi connectivity index (χ1v) is 5.43. The van der Waals surface area contributed by atoms with Crippen molar-refractivity contribution in [2.45, 2.75) is 37.8 Å². The topological polar surface area (TPSA) is 35.8 Å². The summed E-state index contributed by atoms with van der Waals surface area (Å²) in [4.78, 5) is 0. The Labute approximate surface area is 90.9 Å². The highest BCUT2D eigenvalue weighted by atomic mass is 15.0. The standard InChI is InChI=1S/C13H16N2/c1-13(8-9-13)15-12(7-10-14)11-5-3-2-4-6-11/h2-6,12,15H,7-9H2,1H3. The van der Waals surface area contributed by atoms with E-state index in [-0.39, 0.29) is 11.6 Å². The average Bonchev–Trinajstić information content (AvgIpc) is 2.97. The van der Waals surface area contributed by atoms with Gasteiger partial charge in [-0.15, -0.1) is 0 Å². The molecule has 1 aliphatic carbocycles. The van der Waals surface area contributed by atoms with Gasteiger partial charge in [0.15, 0.2) is 0 Å². The largest absolute Gasteiger partial charge is 0.304 e. The first-order chi connectivity index (χ1) is 7.23. The second kappa shape index (κ2) is 4.04. The van der Waals surface area contributed by atoms with Crippen LogP contribution in [0, 0.1) is 11.3 Å². The molecule has 1 unspecified atom stereocenters. The van der Waals surface area contributed by atoms with Gasteiger partial charge < -0.3 is 5.32 Å². The maximum absolute atomic E-state index is 8.83. The molecule has 2 heteroatoms. The molecule has 0 spiro atoms. The van der Waals surface area contributed by atoms with Crippen molar-refractivity contribution in [1.82, 2.24) is 5.32 Å². The lowest BCUT2D eigenvalue weighted by molar-refractivity contribution is 0.447. The molecule has 0 heterocycles. The normalized spacial score (nSPS) is 19.2. The van der Waals surface area contributed by atoms with Gasteiger partial charge in [-0.3, -0.25) is 0 Å². The van der Waals surface area contributed by atoms with Crippen LogP contribution in [0.2, 0.25) is 0 Å². The van der Waals surface area contributed by atoms with Crippen molar-refractivity contribution in [2.75, 3.05) is 0 Å². The van der Waals surface area contributed by atoms with Crippen molar-refractivity contribution in [3.05, 3.63) is 35.9 Å². The van der Waals surface area contributed by atoms with Crippen molar-refractivity contribution in [2.24, 2.45) is 0 Å². The minimum absolute atomic E-state index is 0.184. The average molecular weight is 200 g/mol. The Kier molecular flexibility index (Phi) is 2.75. The molecule has 1 saturated carbocycles. The van der Waals surface area contributed by atoms with Gasteiger partial charge in [-0.1, -0.05) is 30.3 Å². The van der Waals surface area contributed by atoms with Gasteiger partial charge in [-0.25, -0.2) is 0 Å². The number of hydrogen-bond donors (Lipinski definition) is 1. The maximum Gasteiger partial charge on any atom is 0.0641 e. The van der Waals surface area contributed by atoms with Crippen LogP contribution in [0.15, 0.2) is 30.3 Å². The van der Waals surface area contributed by atoms with Crippen molar-refractivity contribution < 1.29 is 0 Å². The van der Waals surface area contributed by atoms with E-state index < -0.39 is 0 Å². The third kappa shape index (κ3) is 2.57. The highest BCUT2D eigenvalue weighted by Crippen LogP contribution is 2.37. The number of nitriles is 1. The number of hydrogen-bond acceptors (Lipinski definition) is 2. The van der Waals surface area contributed by atoms with Crippen LogP contribution in [-0.2, 0) is 0 Å². The van der Waals surface area contributed by atoms with E-state index in [1.807, 2.05) is 18.2 Å². The second-order valence-electron chi connectivity index (χ2n) is 4.53. The van der Waals surface area contributed by atoms with E-state index in [0.717, 1.165) is 0 Å². The smallest absolute Gasteiger partial charge is 0.0641 e. The van der Waals surface area contributed by atoms with Gasteiger partial charge in [0.2, 0.25) is 0 Å². The highest BCUT2D eigenvalue weighted by Gasteiger charge is 2.38. The molecule has 2 rings (SSSR count). The van der Waals surface area contributed by atoms with E-state index in [9.17, 15) is 0 Å². The molecular weight excluding hydrogens is 184 g/mol. The minimum Gasteiger partial charge on any atom is -0.304 e. The molecule has 1 aliphatic rings. The summed E-state index contributed by atoms with van der Waals surface area (Å²) in [7, 11) is 0. The van der Waals surface area contributed by atoms with Crippen LogP contribution in [0.1, 0.15) is 37.8 Å². The molecular formula is C13H16N2. The predicted molar refractivity (Wildman–Crippen MR) is 60.2 cm³/mol. The molecule has 0 aromatic heterocycles. The van der Waals surface area contributed by atoms with Crippen LogP contribution in [0.5, 0.6) is 0 Å². The Bertz CT molecular complexity index is 360. The Morgan fingerprint density at radius 2 is 2.07 bits per heavy atom. The zero-order chi connectivity index (χ0) is 10.7. The molecule has 1 aromatic carbocycles. The molecule has 0 bridgehead atoms. The molecule has 1 aromatic rings. The Morgan fingerprint density at radius 3 is 2.60 bits per heavy atom. The Hall–Kier alpha value is -1.33. The number of nitrogens with one attached hydrogen (secondary N) is 1. The van der Waals surface area contributed by atoms with Crippen LogP contribution in [-0.4, -0.2) is 5.54 Å². The van der Waals surface area contributed by atoms with Crippen LogP contribution in [0.3, 0.4) is 0 Å². The van der Waals surface area contributed by atoms with Crippen molar-refractivity contribution in [3.63, 3.8) is 0 Å². The summed E-state index contributed by atoms with van der Waals surface area (Å²) < 4.78 is 0. The van der Waals surface area contributed by atoms with Crippen LogP contribution < -0.4 is 5.32 Å². The van der Waals surface area contributed by atoms with Gasteiger partial charge in [-0.05, 0) is 25.3 Å². The first kappa shape index (κ1) is 10.2. The number of benzene rings is 1. The van der Waals surface area contributed by atoms with E-state index in [4.69, 9.17) is 5.26 Å². The monoisotopic (exact) mass is 200 g/mol. The third-order valence-corrected chi connectivity index (χ3v) is 3.02. The zero-order valence-electron chi connectivity index (χ0n) is 9.03. The van der Waals surface area contributed by atoms with E-state index in [2.05, 4.69) is 30.4 Å². The van der Waals surface area contributed by atoms with Gasteiger partial charge >= 0.3 is 0 Å². The molecule has 0 aliphatic heterocycles. The lowest BCUT2D eigenvalue weighted by atomic mass is 10.0. The van der Waals surface area contributed by atoms with E-state index in [1.54, 1.807) is 0 Å². The fraction of sp³-hybridized carbons (Fsp3) is 0.462. The Morgan fingerprint density at radius 1 is 1.40 bits per heavy atom. The van der Waals surface area contributed by atoms with Gasteiger partial charge in [0, 0.05) is 11.6 Å². The summed E-state index contributed by atoms with van der Waals surface area (Å²) in [5.41, 5.74) is 1.49. The summed E-state index contributed by atoms with van der Waals surface area (Å²) >= 11 is 0. The van der Waals surface area contributed by atoms with Gasteiger partial charge in [0.25, 0.3) is 0 Å². The fourth-order valence-electron chi connectivity index (χ4n) is 1.78. The molecule has 0 amide bonds. The SMILES string of the molecule is CC1(NC(CC#N)c2ccccc2)CC1. The second-order valence-corrected chi connectivity index (χ2v) is 4.53. The van der Waals surface area contributed by atoms with Crippen molar-refractivity contribution >= 4 is 0 Å². The number of rotatable bonds is 4. The summed E-state index contributed by atoms with van der Waals surface area (Å²) in [5, 5.41) is 12.4. The lowest BCUT2D eigenvalue weighted by Crippen LogP contribution is -2.32. The highest BCUT2D eigenvalue weighted by molar-refractivity contribution is 5.21. The lowest BCUT2D eigenvalue weighted by Gasteiger charge is -2.21. The summed E-state index contributed by atoms with van der Waals surface area (Å²) in [6.07, 6.45) is 2.99. The molecule has 1 N–H and O–H groups in total. The van der Waals surface area contributed by atoms with Gasteiger partial charge in [0.05, 0.1) is 12.5 Å². The quantitative estimate of drug-likeness (QED) is 0.811. The fourth-order valence-corrected chi connectivity index (χ4v) is 1.78. The summed E-state index contributed by atoms with van der Waals surface area (Å²) in [6, 6.07) is 12.7.